The molecule has 0 saturated carbocycles. The second-order valence-corrected chi connectivity index (χ2v) is 9.94. The summed E-state index contributed by atoms with van der Waals surface area (Å²) in [5, 5.41) is 13.5. The van der Waals surface area contributed by atoms with E-state index in [0.717, 1.165) is 48.1 Å². The van der Waals surface area contributed by atoms with E-state index >= 15 is 0 Å². The van der Waals surface area contributed by atoms with E-state index in [0.29, 0.717) is 30.2 Å². The highest BCUT2D eigenvalue weighted by atomic mass is 16.8. The first-order valence-electron chi connectivity index (χ1n) is 14.3. The standard InChI is InChI=1S/C34H38N2O5/c1-3-26-20-22-29(23-21-26)34(39-24-31-25(2)40-33(35-31)28-16-10-7-11-17-28)41-36-30(27-14-8-6-9-15-27)18-12-4-5-13-19-32(37)38/h6-11,14-17,20-23,34H,3-5,12-13,18-19,24H2,1-2H3,(H,37,38)/b36-30+. The lowest BCUT2D eigenvalue weighted by Gasteiger charge is -2.17. The Hall–Kier alpha value is -4.23. The van der Waals surface area contributed by atoms with Crippen molar-refractivity contribution in [2.24, 2.45) is 5.16 Å². The molecular weight excluding hydrogens is 516 g/mol. The fourth-order valence-corrected chi connectivity index (χ4v) is 4.43. The van der Waals surface area contributed by atoms with E-state index in [1.807, 2.05) is 79.7 Å². The highest BCUT2D eigenvalue weighted by Crippen LogP contribution is 2.26. The zero-order valence-electron chi connectivity index (χ0n) is 23.8. The van der Waals surface area contributed by atoms with Crippen LogP contribution in [0.1, 0.15) is 79.9 Å². The largest absolute Gasteiger partial charge is 0.481 e. The van der Waals surface area contributed by atoms with Crippen LogP contribution in [0.15, 0.2) is 94.5 Å². The maximum Gasteiger partial charge on any atom is 0.303 e. The molecule has 0 aliphatic rings. The van der Waals surface area contributed by atoms with E-state index in [1.165, 1.54) is 5.56 Å². The van der Waals surface area contributed by atoms with Crippen LogP contribution in [0.4, 0.5) is 0 Å². The number of unbranched alkanes of at least 4 members (excludes halogenated alkanes) is 3. The van der Waals surface area contributed by atoms with Gasteiger partial charge >= 0.3 is 5.97 Å². The molecule has 0 aliphatic heterocycles. The van der Waals surface area contributed by atoms with Crippen molar-refractivity contribution in [2.45, 2.75) is 71.7 Å². The summed E-state index contributed by atoms with van der Waals surface area (Å²) in [6.45, 7) is 4.20. The fraction of sp³-hybridized carbons (Fsp3) is 0.324. The van der Waals surface area contributed by atoms with Crippen molar-refractivity contribution in [2.75, 3.05) is 0 Å². The third kappa shape index (κ3) is 9.15. The van der Waals surface area contributed by atoms with Crippen LogP contribution in [0.2, 0.25) is 0 Å². The van der Waals surface area contributed by atoms with E-state index in [-0.39, 0.29) is 13.0 Å². The molecule has 1 unspecified atom stereocenters. The molecular formula is C34H38N2O5. The normalized spacial score (nSPS) is 12.3. The van der Waals surface area contributed by atoms with Crippen molar-refractivity contribution in [3.8, 4) is 11.5 Å². The average Bonchev–Trinajstić information content (AvgIpc) is 3.38. The molecule has 0 bridgehead atoms. The summed E-state index contributed by atoms with van der Waals surface area (Å²) < 4.78 is 12.2. The van der Waals surface area contributed by atoms with Crippen LogP contribution in [0.3, 0.4) is 0 Å². The Kier molecular flexibility index (Phi) is 11.3. The number of aromatic nitrogens is 1. The topological polar surface area (TPSA) is 94.2 Å². The second kappa shape index (κ2) is 15.5. The Morgan fingerprint density at radius 2 is 1.56 bits per heavy atom. The summed E-state index contributed by atoms with van der Waals surface area (Å²) in [6.07, 6.45) is 4.47. The number of oxime groups is 1. The number of carboxylic acids is 1. The molecule has 214 valence electrons. The molecule has 0 aliphatic carbocycles. The van der Waals surface area contributed by atoms with Gasteiger partial charge in [-0.1, -0.05) is 97.7 Å². The molecule has 0 radical (unpaired) electrons. The molecule has 7 nitrogen and oxygen atoms in total. The minimum atomic E-state index is -0.750. The number of nitrogens with zero attached hydrogens (tertiary/aromatic N) is 2. The van der Waals surface area contributed by atoms with Crippen molar-refractivity contribution < 1.29 is 23.9 Å². The molecule has 0 amide bonds. The van der Waals surface area contributed by atoms with Gasteiger partial charge in [-0.3, -0.25) is 4.79 Å². The van der Waals surface area contributed by atoms with Crippen molar-refractivity contribution in [3.05, 3.63) is 113 Å². The van der Waals surface area contributed by atoms with Crippen LogP contribution in [-0.2, 0) is 27.4 Å². The molecule has 4 rings (SSSR count). The van der Waals surface area contributed by atoms with Crippen LogP contribution in [0.25, 0.3) is 11.5 Å². The van der Waals surface area contributed by atoms with E-state index in [1.54, 1.807) is 0 Å². The van der Waals surface area contributed by atoms with Crippen LogP contribution in [-0.4, -0.2) is 21.8 Å². The second-order valence-electron chi connectivity index (χ2n) is 9.94. The van der Waals surface area contributed by atoms with Gasteiger partial charge in [-0.25, -0.2) is 4.98 Å². The van der Waals surface area contributed by atoms with Gasteiger partial charge in [0, 0.05) is 17.5 Å². The molecule has 0 fully saturated rings. The first kappa shape index (κ1) is 29.7. The Balaban J connectivity index is 1.50. The highest BCUT2D eigenvalue weighted by molar-refractivity contribution is 6.00. The number of ether oxygens (including phenoxy) is 1. The predicted octanol–water partition coefficient (Wildman–Crippen LogP) is 8.27. The van der Waals surface area contributed by atoms with E-state index < -0.39 is 12.3 Å². The van der Waals surface area contributed by atoms with Crippen LogP contribution >= 0.6 is 0 Å². The first-order valence-corrected chi connectivity index (χ1v) is 14.3. The van der Waals surface area contributed by atoms with Gasteiger partial charge in [-0.2, -0.15) is 0 Å². The summed E-state index contributed by atoms with van der Waals surface area (Å²) in [4.78, 5) is 21.6. The average molecular weight is 555 g/mol. The van der Waals surface area contributed by atoms with Gasteiger partial charge in [-0.15, -0.1) is 0 Å². The minimum absolute atomic E-state index is 0.197. The van der Waals surface area contributed by atoms with Gasteiger partial charge in [-0.05, 0) is 55.9 Å². The van der Waals surface area contributed by atoms with Crippen LogP contribution in [0, 0.1) is 6.92 Å². The Labute approximate surface area is 241 Å². The SMILES string of the molecule is CCc1ccc(C(OCc2nc(-c3ccccc3)oc2C)O/N=C(\CCCCCCC(=O)O)c2ccccc2)cc1. The monoisotopic (exact) mass is 554 g/mol. The lowest BCUT2D eigenvalue weighted by atomic mass is 10.0. The number of aliphatic carboxylic acids is 1. The Bertz CT molecular complexity index is 1380. The van der Waals surface area contributed by atoms with Crippen molar-refractivity contribution >= 4 is 11.7 Å². The van der Waals surface area contributed by atoms with E-state index in [9.17, 15) is 4.79 Å². The zero-order valence-corrected chi connectivity index (χ0v) is 23.8. The summed E-state index contributed by atoms with van der Waals surface area (Å²) in [6, 6.07) is 27.9. The summed E-state index contributed by atoms with van der Waals surface area (Å²) in [5.41, 5.74) is 5.51. The summed E-state index contributed by atoms with van der Waals surface area (Å²) in [7, 11) is 0. The molecule has 1 heterocycles. The maximum absolute atomic E-state index is 10.8. The molecule has 7 heteroatoms. The van der Waals surface area contributed by atoms with Crippen molar-refractivity contribution in [1.82, 2.24) is 4.98 Å². The number of carboxylic acid groups (broad SMARTS) is 1. The molecule has 41 heavy (non-hydrogen) atoms. The van der Waals surface area contributed by atoms with Gasteiger partial charge in [0.1, 0.15) is 11.5 Å². The number of carbonyl (C=O) groups is 1. The fourth-order valence-electron chi connectivity index (χ4n) is 4.43. The highest BCUT2D eigenvalue weighted by Gasteiger charge is 2.18. The van der Waals surface area contributed by atoms with Crippen molar-refractivity contribution in [1.29, 1.82) is 0 Å². The molecule has 1 atom stereocenters. The molecule has 1 N–H and O–H groups in total. The van der Waals surface area contributed by atoms with Gasteiger partial charge in [0.05, 0.1) is 12.3 Å². The number of rotatable bonds is 16. The van der Waals surface area contributed by atoms with Crippen LogP contribution in [0.5, 0.6) is 0 Å². The smallest absolute Gasteiger partial charge is 0.303 e. The van der Waals surface area contributed by atoms with Crippen molar-refractivity contribution in [3.63, 3.8) is 0 Å². The third-order valence-electron chi connectivity index (χ3n) is 6.86. The van der Waals surface area contributed by atoms with Gasteiger partial charge in [0.2, 0.25) is 5.89 Å². The lowest BCUT2D eigenvalue weighted by molar-refractivity contribution is -0.155. The number of benzene rings is 3. The maximum atomic E-state index is 10.8. The molecule has 3 aromatic carbocycles. The number of hydrogen-bond donors (Lipinski definition) is 1. The summed E-state index contributed by atoms with van der Waals surface area (Å²) in [5.74, 6) is 0.500. The predicted molar refractivity (Wildman–Crippen MR) is 159 cm³/mol. The molecule has 0 spiro atoms. The van der Waals surface area contributed by atoms with Gasteiger partial charge in [0.25, 0.3) is 6.29 Å². The van der Waals surface area contributed by atoms with Gasteiger partial charge < -0.3 is 19.1 Å². The lowest BCUT2D eigenvalue weighted by Crippen LogP contribution is -2.10. The number of oxazole rings is 1. The first-order chi connectivity index (χ1) is 20.0. The third-order valence-corrected chi connectivity index (χ3v) is 6.86. The van der Waals surface area contributed by atoms with Gasteiger partial charge in [0.15, 0.2) is 0 Å². The van der Waals surface area contributed by atoms with E-state index in [2.05, 4.69) is 29.2 Å². The number of hydrogen-bond acceptors (Lipinski definition) is 6. The van der Waals surface area contributed by atoms with Crippen LogP contribution < -0.4 is 0 Å². The molecule has 4 aromatic rings. The molecule has 1 aromatic heterocycles. The minimum Gasteiger partial charge on any atom is -0.481 e. The Morgan fingerprint density at radius 1 is 0.902 bits per heavy atom. The number of aryl methyl sites for hydroxylation is 2. The van der Waals surface area contributed by atoms with E-state index in [4.69, 9.17) is 19.1 Å². The quantitative estimate of drug-likeness (QED) is 0.0648. The Morgan fingerprint density at radius 3 is 2.22 bits per heavy atom. The summed E-state index contributed by atoms with van der Waals surface area (Å²) >= 11 is 0. The zero-order chi connectivity index (χ0) is 28.9. The molecule has 0 saturated heterocycles.